The van der Waals surface area contributed by atoms with Gasteiger partial charge in [0, 0.05) is 42.8 Å². The van der Waals surface area contributed by atoms with Crippen LogP contribution in [0.2, 0.25) is 0 Å². The number of fused-ring (bicyclic) bond motifs is 3. The van der Waals surface area contributed by atoms with E-state index in [1.54, 1.807) is 19.1 Å². The van der Waals surface area contributed by atoms with Crippen molar-refractivity contribution in [3.8, 4) is 5.75 Å². The summed E-state index contributed by atoms with van der Waals surface area (Å²) in [6.07, 6.45) is -0.215. The molecule has 1 aromatic carbocycles. The number of aliphatic hydroxyl groups excluding tert-OH is 2. The number of carbonyl (C=O) groups is 3. The van der Waals surface area contributed by atoms with E-state index >= 15 is 4.39 Å². The van der Waals surface area contributed by atoms with Crippen molar-refractivity contribution < 1.29 is 43.9 Å². The Morgan fingerprint density at radius 3 is 2.47 bits per heavy atom. The van der Waals surface area contributed by atoms with Crippen LogP contribution in [-0.4, -0.2) is 101 Å². The summed E-state index contributed by atoms with van der Waals surface area (Å²) in [6, 6.07) is 0.0346. The van der Waals surface area contributed by atoms with Gasteiger partial charge in [-0.05, 0) is 46.0 Å². The number of hydrogen-bond acceptors (Lipinski definition) is 10. The van der Waals surface area contributed by atoms with Crippen LogP contribution in [-0.2, 0) is 27.3 Å². The maximum atomic E-state index is 15.7. The molecule has 6 N–H and O–H groups in total. The molecular formula is C26H32FN3O8. The number of nitrogens with zero attached hydrogens (tertiary/aromatic N) is 2. The number of allylic oxidation sites excluding steroid dienone is 1. The number of rotatable bonds is 7. The topological polar surface area (TPSA) is 174 Å². The van der Waals surface area contributed by atoms with Gasteiger partial charge in [0.05, 0.1) is 18.2 Å². The molecule has 3 aliphatic rings. The Bertz CT molecular complexity index is 1290. The van der Waals surface area contributed by atoms with Crippen LogP contribution in [0.1, 0.15) is 27.9 Å². The van der Waals surface area contributed by atoms with Crippen molar-refractivity contribution in [3.63, 3.8) is 0 Å². The molecule has 0 spiro atoms. The summed E-state index contributed by atoms with van der Waals surface area (Å²) in [7, 11) is 6.37. The molecule has 0 aromatic heterocycles. The maximum absolute atomic E-state index is 15.7. The van der Waals surface area contributed by atoms with Gasteiger partial charge in [0.15, 0.2) is 11.4 Å². The summed E-state index contributed by atoms with van der Waals surface area (Å²) in [5, 5.41) is 44.4. The number of carbonyl (C=O) groups excluding carboxylic acids is 3. The molecule has 11 nitrogen and oxygen atoms in total. The molecule has 0 heterocycles. The van der Waals surface area contributed by atoms with Gasteiger partial charge in [-0.25, -0.2) is 4.39 Å². The van der Waals surface area contributed by atoms with Crippen molar-refractivity contribution in [3.05, 3.63) is 51.2 Å². The lowest BCUT2D eigenvalue weighted by Crippen LogP contribution is -2.63. The van der Waals surface area contributed by atoms with Gasteiger partial charge in [-0.2, -0.15) is 0 Å². The van der Waals surface area contributed by atoms with Crippen LogP contribution in [0.5, 0.6) is 5.75 Å². The normalized spacial score (nSPS) is 27.1. The van der Waals surface area contributed by atoms with Crippen LogP contribution >= 0.6 is 0 Å². The Balaban J connectivity index is 1.85. The first-order chi connectivity index (χ1) is 17.8. The van der Waals surface area contributed by atoms with Crippen LogP contribution < -0.4 is 5.73 Å². The highest BCUT2D eigenvalue weighted by atomic mass is 19.1. The number of halogens is 1. The fourth-order valence-corrected chi connectivity index (χ4v) is 6.09. The van der Waals surface area contributed by atoms with E-state index in [-0.39, 0.29) is 41.6 Å². The number of primary amides is 1. The lowest BCUT2D eigenvalue weighted by Gasteiger charge is -2.50. The zero-order valence-corrected chi connectivity index (χ0v) is 21.6. The van der Waals surface area contributed by atoms with E-state index in [1.807, 2.05) is 0 Å². The smallest absolute Gasteiger partial charge is 0.255 e. The van der Waals surface area contributed by atoms with E-state index in [1.165, 1.54) is 19.0 Å². The molecule has 0 fully saturated rings. The zero-order valence-electron chi connectivity index (χ0n) is 21.6. The number of phenols is 1. The second-order valence-electron chi connectivity index (χ2n) is 10.4. The first-order valence-corrected chi connectivity index (χ1v) is 12.1. The summed E-state index contributed by atoms with van der Waals surface area (Å²) in [6.45, 7) is 1.05. The average molecular weight is 534 g/mol. The Kier molecular flexibility index (Phi) is 7.12. The maximum Gasteiger partial charge on any atom is 0.255 e. The number of Topliss-reactive ketones (excluding diaryl/α,β-unsaturated/α-hetero) is 2. The van der Waals surface area contributed by atoms with Crippen molar-refractivity contribution in [2.75, 3.05) is 41.4 Å². The molecular weight excluding hydrogens is 501 g/mol. The number of aliphatic hydroxyl groups is 3. The first-order valence-electron chi connectivity index (χ1n) is 12.1. The second kappa shape index (κ2) is 9.77. The molecule has 0 unspecified atom stereocenters. The predicted octanol–water partition coefficient (Wildman–Crippen LogP) is 0.338. The van der Waals surface area contributed by atoms with Crippen molar-refractivity contribution in [2.45, 2.75) is 31.0 Å². The minimum Gasteiger partial charge on any atom is -0.510 e. The monoisotopic (exact) mass is 533 g/mol. The van der Waals surface area contributed by atoms with E-state index in [2.05, 4.69) is 0 Å². The first kappa shape index (κ1) is 27.7. The minimum absolute atomic E-state index is 0.0294. The van der Waals surface area contributed by atoms with E-state index < -0.39 is 69.6 Å². The van der Waals surface area contributed by atoms with Gasteiger partial charge in [-0.1, -0.05) is 0 Å². The molecule has 0 aliphatic heterocycles. The van der Waals surface area contributed by atoms with Gasteiger partial charge >= 0.3 is 0 Å². The third-order valence-electron chi connectivity index (χ3n) is 7.85. The number of ether oxygens (including phenoxy) is 1. The van der Waals surface area contributed by atoms with E-state index in [4.69, 9.17) is 10.5 Å². The third kappa shape index (κ3) is 3.99. The minimum atomic E-state index is -2.73. The van der Waals surface area contributed by atoms with Crippen LogP contribution in [0.25, 0.3) is 0 Å². The molecule has 0 bridgehead atoms. The fraction of sp³-hybridized carbons (Fsp3) is 0.500. The second-order valence-corrected chi connectivity index (χ2v) is 10.4. The largest absolute Gasteiger partial charge is 0.510 e. The number of amides is 1. The van der Waals surface area contributed by atoms with Gasteiger partial charge in [-0.3, -0.25) is 24.2 Å². The zero-order chi connectivity index (χ0) is 28.3. The molecule has 0 saturated carbocycles. The standard InChI is InChI=1S/C26H32FN3O8/c1-29(2)20-14-8-11-7-13-17(15(31)9-12(19(13)27)10-30(3)5-6-38-4)21(32)16(11)23(34)26(14,37)24(35)18(22(20)33)25(28)36/h9,11,14,20,31,33-34,37H,5-8,10H2,1-4H3,(H2,28,36)/t11-,14-,20-,26-/m0/s1. The van der Waals surface area contributed by atoms with Crippen molar-refractivity contribution in [2.24, 2.45) is 17.6 Å². The molecule has 0 saturated heterocycles. The van der Waals surface area contributed by atoms with Gasteiger partial charge in [0.2, 0.25) is 5.78 Å². The quantitative estimate of drug-likeness (QED) is 0.308. The highest BCUT2D eigenvalue weighted by molar-refractivity contribution is 6.24. The average Bonchev–Trinajstić information content (AvgIpc) is 2.82. The molecule has 1 amide bonds. The summed E-state index contributed by atoms with van der Waals surface area (Å²) in [5.41, 5.74) is 1.16. The number of methoxy groups -OCH3 is 1. The number of aromatic hydroxyl groups is 1. The summed E-state index contributed by atoms with van der Waals surface area (Å²) in [4.78, 5) is 42.1. The van der Waals surface area contributed by atoms with Crippen molar-refractivity contribution in [1.82, 2.24) is 9.80 Å². The summed E-state index contributed by atoms with van der Waals surface area (Å²) >= 11 is 0. The van der Waals surface area contributed by atoms with Crippen LogP contribution in [0.3, 0.4) is 0 Å². The van der Waals surface area contributed by atoms with Crippen molar-refractivity contribution in [1.29, 1.82) is 0 Å². The molecule has 3 aliphatic carbocycles. The molecule has 12 heteroatoms. The fourth-order valence-electron chi connectivity index (χ4n) is 6.09. The number of benzene rings is 1. The van der Waals surface area contributed by atoms with E-state index in [9.17, 15) is 34.8 Å². The lowest BCUT2D eigenvalue weighted by atomic mass is 9.58. The van der Waals surface area contributed by atoms with Crippen LogP contribution in [0.15, 0.2) is 28.7 Å². The molecule has 4 atom stereocenters. The van der Waals surface area contributed by atoms with Crippen LogP contribution in [0.4, 0.5) is 4.39 Å². The van der Waals surface area contributed by atoms with Gasteiger partial charge in [-0.15, -0.1) is 0 Å². The predicted molar refractivity (Wildman–Crippen MR) is 132 cm³/mol. The SMILES string of the molecule is COCCN(C)Cc1cc(O)c2c(c1F)C[C@H]1C[C@H]3[C@H](N(C)C)C(O)=C(C(N)=O)C(=O)[C@@]3(O)C(O)=C1C2=O. The molecule has 0 radical (unpaired) electrons. The van der Waals surface area contributed by atoms with Gasteiger partial charge in [0.25, 0.3) is 5.91 Å². The molecule has 206 valence electrons. The molecule has 1 aromatic rings. The van der Waals surface area contributed by atoms with E-state index in [0.717, 1.165) is 6.07 Å². The highest BCUT2D eigenvalue weighted by Gasteiger charge is 2.63. The Hall–Kier alpha value is -3.32. The van der Waals surface area contributed by atoms with Crippen LogP contribution in [0, 0.1) is 17.7 Å². The number of likely N-dealkylation sites (N-methyl/N-ethyl adjacent to an activating group) is 2. The third-order valence-corrected chi connectivity index (χ3v) is 7.85. The van der Waals surface area contributed by atoms with Gasteiger partial charge < -0.3 is 30.9 Å². The Morgan fingerprint density at radius 2 is 1.89 bits per heavy atom. The molecule has 38 heavy (non-hydrogen) atoms. The Morgan fingerprint density at radius 1 is 1.24 bits per heavy atom. The number of hydrogen-bond donors (Lipinski definition) is 5. The summed E-state index contributed by atoms with van der Waals surface area (Å²) in [5.74, 6) is -8.36. The van der Waals surface area contributed by atoms with Crippen molar-refractivity contribution >= 4 is 17.5 Å². The lowest BCUT2D eigenvalue weighted by molar-refractivity contribution is -0.148. The number of ketones is 2. The van der Waals surface area contributed by atoms with E-state index in [0.29, 0.717) is 13.2 Å². The summed E-state index contributed by atoms with van der Waals surface area (Å²) < 4.78 is 20.8. The van der Waals surface area contributed by atoms with Gasteiger partial charge in [0.1, 0.15) is 28.7 Å². The highest BCUT2D eigenvalue weighted by Crippen LogP contribution is 2.52. The Labute approximate surface area is 218 Å². The number of phenolic OH excluding ortho intramolecular Hbond substituents is 1. The number of nitrogens with two attached hydrogens (primary N) is 1. The molecule has 4 rings (SSSR count).